The van der Waals surface area contributed by atoms with Crippen LogP contribution in [0.1, 0.15) is 21.5 Å². The van der Waals surface area contributed by atoms with Crippen molar-refractivity contribution < 1.29 is 19.1 Å². The van der Waals surface area contributed by atoms with Crippen molar-refractivity contribution in [3.05, 3.63) is 128 Å². The van der Waals surface area contributed by atoms with Gasteiger partial charge in [0, 0.05) is 20.4 Å². The zero-order valence-corrected chi connectivity index (χ0v) is 23.5. The second-order valence-electron chi connectivity index (χ2n) is 9.08. The molecule has 8 nitrogen and oxygen atoms in total. The van der Waals surface area contributed by atoms with Gasteiger partial charge in [-0.1, -0.05) is 51.8 Å². The van der Waals surface area contributed by atoms with Gasteiger partial charge in [0.1, 0.15) is 17.9 Å². The SMILES string of the molecule is O=C(O)c1ccc(COc2ccc(Cl)cc2C=Nn2c(-c3cc4cc(Br)ccc4o3)nc3ccccc3c2=O)cc1. The maximum Gasteiger partial charge on any atom is 0.335 e. The molecule has 0 radical (unpaired) electrons. The van der Waals surface area contributed by atoms with Gasteiger partial charge in [0.25, 0.3) is 5.56 Å². The molecule has 0 bridgehead atoms. The second kappa shape index (κ2) is 11.0. The van der Waals surface area contributed by atoms with Crippen LogP contribution in [0.15, 0.2) is 110 Å². The highest BCUT2D eigenvalue weighted by Crippen LogP contribution is 2.29. The summed E-state index contributed by atoms with van der Waals surface area (Å²) in [5.74, 6) is 0.0881. The Morgan fingerprint density at radius 1 is 1.05 bits per heavy atom. The van der Waals surface area contributed by atoms with E-state index in [0.717, 1.165) is 15.4 Å². The third-order valence-electron chi connectivity index (χ3n) is 6.33. The molecule has 0 aliphatic carbocycles. The molecule has 0 aliphatic heterocycles. The lowest BCUT2D eigenvalue weighted by Crippen LogP contribution is -2.20. The molecule has 0 spiro atoms. The molecule has 0 atom stereocenters. The van der Waals surface area contributed by atoms with Crippen LogP contribution in [0.3, 0.4) is 0 Å². The summed E-state index contributed by atoms with van der Waals surface area (Å²) >= 11 is 9.76. The summed E-state index contributed by atoms with van der Waals surface area (Å²) in [5, 5.41) is 15.3. The largest absolute Gasteiger partial charge is 0.488 e. The first-order valence-corrected chi connectivity index (χ1v) is 13.5. The van der Waals surface area contributed by atoms with Crippen LogP contribution in [0, 0.1) is 0 Å². The number of carboxylic acid groups (broad SMARTS) is 1. The third kappa shape index (κ3) is 5.50. The highest BCUT2D eigenvalue weighted by atomic mass is 79.9. The molecule has 1 N–H and O–H groups in total. The fourth-order valence-electron chi connectivity index (χ4n) is 4.29. The first-order valence-electron chi connectivity index (χ1n) is 12.4. The lowest BCUT2D eigenvalue weighted by molar-refractivity contribution is 0.0697. The predicted molar refractivity (Wildman–Crippen MR) is 161 cm³/mol. The van der Waals surface area contributed by atoms with Gasteiger partial charge in [0.05, 0.1) is 22.7 Å². The van der Waals surface area contributed by atoms with Gasteiger partial charge in [-0.3, -0.25) is 4.79 Å². The molecule has 0 saturated heterocycles. The molecule has 2 aromatic heterocycles. The van der Waals surface area contributed by atoms with E-state index in [1.807, 2.05) is 30.3 Å². The van der Waals surface area contributed by atoms with E-state index in [1.165, 1.54) is 23.0 Å². The van der Waals surface area contributed by atoms with E-state index in [-0.39, 0.29) is 23.6 Å². The molecular formula is C31H19BrClN3O5. The summed E-state index contributed by atoms with van der Waals surface area (Å²) in [5.41, 5.74) is 2.28. The van der Waals surface area contributed by atoms with Crippen LogP contribution in [0.4, 0.5) is 0 Å². The van der Waals surface area contributed by atoms with Crippen molar-refractivity contribution in [1.82, 2.24) is 9.66 Å². The monoisotopic (exact) mass is 627 g/mol. The Morgan fingerprint density at radius 2 is 1.85 bits per heavy atom. The van der Waals surface area contributed by atoms with Gasteiger partial charge in [0.2, 0.25) is 5.82 Å². The van der Waals surface area contributed by atoms with Crippen LogP contribution < -0.4 is 10.3 Å². The highest BCUT2D eigenvalue weighted by Gasteiger charge is 2.17. The lowest BCUT2D eigenvalue weighted by Gasteiger charge is -2.11. The number of rotatable bonds is 7. The van der Waals surface area contributed by atoms with Crippen molar-refractivity contribution in [2.24, 2.45) is 5.10 Å². The Labute approximate surface area is 246 Å². The molecule has 0 amide bonds. The number of carbonyl (C=O) groups is 1. The average Bonchev–Trinajstić information content (AvgIpc) is 3.39. The number of nitrogens with zero attached hydrogens (tertiary/aromatic N) is 3. The normalized spacial score (nSPS) is 11.5. The number of para-hydroxylation sites is 1. The second-order valence-corrected chi connectivity index (χ2v) is 10.4. The lowest BCUT2D eigenvalue weighted by atomic mass is 10.1. The van der Waals surface area contributed by atoms with Crippen molar-refractivity contribution in [3.8, 4) is 17.3 Å². The topological polar surface area (TPSA) is 107 Å². The molecule has 6 rings (SSSR count). The minimum Gasteiger partial charge on any atom is -0.488 e. The fraction of sp³-hybridized carbons (Fsp3) is 0.0323. The number of ether oxygens (including phenoxy) is 1. The molecule has 0 fully saturated rings. The number of carboxylic acids is 1. The summed E-state index contributed by atoms with van der Waals surface area (Å²) in [7, 11) is 0. The van der Waals surface area contributed by atoms with Crippen LogP contribution in [0.25, 0.3) is 33.5 Å². The van der Waals surface area contributed by atoms with E-state index in [4.69, 9.17) is 30.8 Å². The van der Waals surface area contributed by atoms with Crippen LogP contribution in [0.5, 0.6) is 5.75 Å². The number of halogens is 2. The van der Waals surface area contributed by atoms with Crippen LogP contribution >= 0.6 is 27.5 Å². The van der Waals surface area contributed by atoms with Crippen LogP contribution in [-0.4, -0.2) is 27.0 Å². The van der Waals surface area contributed by atoms with E-state index >= 15 is 0 Å². The molecule has 4 aromatic carbocycles. The molecule has 2 heterocycles. The number of aromatic nitrogens is 2. The molecular weight excluding hydrogens is 610 g/mol. The Morgan fingerprint density at radius 3 is 2.66 bits per heavy atom. The van der Waals surface area contributed by atoms with E-state index in [0.29, 0.717) is 38.6 Å². The van der Waals surface area contributed by atoms with Crippen molar-refractivity contribution in [2.45, 2.75) is 6.61 Å². The Kier molecular flexibility index (Phi) is 7.13. The van der Waals surface area contributed by atoms with Crippen molar-refractivity contribution >= 4 is 61.6 Å². The van der Waals surface area contributed by atoms with Crippen molar-refractivity contribution in [1.29, 1.82) is 0 Å². The van der Waals surface area contributed by atoms with E-state index in [1.54, 1.807) is 48.5 Å². The van der Waals surface area contributed by atoms with Gasteiger partial charge in [-0.05, 0) is 72.3 Å². The van der Waals surface area contributed by atoms with Crippen LogP contribution in [0.2, 0.25) is 5.02 Å². The third-order valence-corrected chi connectivity index (χ3v) is 7.06. The first kappa shape index (κ1) is 26.5. The zero-order chi connectivity index (χ0) is 28.5. The van der Waals surface area contributed by atoms with E-state index in [2.05, 4.69) is 21.0 Å². The Balaban J connectivity index is 1.40. The minimum atomic E-state index is -0.998. The Bertz CT molecular complexity index is 2030. The van der Waals surface area contributed by atoms with E-state index in [9.17, 15) is 9.59 Å². The molecule has 0 saturated carbocycles. The Hall–Kier alpha value is -4.73. The number of benzene rings is 4. The number of fused-ring (bicyclic) bond motifs is 2. The summed E-state index contributed by atoms with van der Waals surface area (Å²) in [6.07, 6.45) is 1.48. The maximum atomic E-state index is 13.6. The maximum absolute atomic E-state index is 13.6. The van der Waals surface area contributed by atoms with Crippen LogP contribution in [-0.2, 0) is 6.61 Å². The number of hydrogen-bond donors (Lipinski definition) is 1. The summed E-state index contributed by atoms with van der Waals surface area (Å²) in [6, 6.07) is 25.9. The van der Waals surface area contributed by atoms with Crippen molar-refractivity contribution in [3.63, 3.8) is 0 Å². The smallest absolute Gasteiger partial charge is 0.335 e. The average molecular weight is 629 g/mol. The molecule has 202 valence electrons. The number of furan rings is 1. The summed E-state index contributed by atoms with van der Waals surface area (Å²) in [4.78, 5) is 29.5. The summed E-state index contributed by atoms with van der Waals surface area (Å²) < 4.78 is 14.2. The fourth-order valence-corrected chi connectivity index (χ4v) is 4.85. The highest BCUT2D eigenvalue weighted by molar-refractivity contribution is 9.10. The zero-order valence-electron chi connectivity index (χ0n) is 21.1. The first-order chi connectivity index (χ1) is 19.9. The molecule has 41 heavy (non-hydrogen) atoms. The quantitative estimate of drug-likeness (QED) is 0.185. The van der Waals surface area contributed by atoms with Gasteiger partial charge in [0.15, 0.2) is 5.76 Å². The van der Waals surface area contributed by atoms with Gasteiger partial charge in [-0.2, -0.15) is 9.78 Å². The summed E-state index contributed by atoms with van der Waals surface area (Å²) in [6.45, 7) is 0.180. The van der Waals surface area contributed by atoms with Gasteiger partial charge in [-0.15, -0.1) is 0 Å². The number of hydrogen-bond acceptors (Lipinski definition) is 6. The molecule has 10 heteroatoms. The van der Waals surface area contributed by atoms with Crippen molar-refractivity contribution in [2.75, 3.05) is 0 Å². The van der Waals surface area contributed by atoms with Gasteiger partial charge >= 0.3 is 5.97 Å². The standard InChI is InChI=1S/C31H19BrClN3O5/c32-22-9-11-27-20(13-22)15-28(41-27)29-35-25-4-2-1-3-24(25)30(37)36(29)34-16-21-14-23(33)10-12-26(21)40-17-18-5-7-19(8-6-18)31(38)39/h1-16H,17H2,(H,38,39). The molecule has 0 aliphatic rings. The molecule has 0 unspecified atom stereocenters. The van der Waals surface area contributed by atoms with E-state index < -0.39 is 5.97 Å². The minimum absolute atomic E-state index is 0.180. The predicted octanol–water partition coefficient (Wildman–Crippen LogP) is 7.39. The molecule has 6 aromatic rings. The number of aromatic carboxylic acids is 1. The van der Waals surface area contributed by atoms with Gasteiger partial charge in [-0.25, -0.2) is 9.78 Å². The van der Waals surface area contributed by atoms with Gasteiger partial charge < -0.3 is 14.3 Å².